The van der Waals surface area contributed by atoms with E-state index >= 15 is 0 Å². The van der Waals surface area contributed by atoms with E-state index in [2.05, 4.69) is 4.98 Å². The van der Waals surface area contributed by atoms with Gasteiger partial charge < -0.3 is 9.64 Å². The van der Waals surface area contributed by atoms with Crippen LogP contribution in [0.3, 0.4) is 0 Å². The number of hydrogen-bond acceptors (Lipinski definition) is 6. The van der Waals surface area contributed by atoms with E-state index in [9.17, 15) is 23.2 Å². The molecule has 1 aromatic heterocycles. The molecular weight excluding hydrogens is 474 g/mol. The molecule has 4 rings (SSSR count). The molecule has 0 aliphatic carbocycles. The summed E-state index contributed by atoms with van der Waals surface area (Å²) in [6.07, 6.45) is 2.20. The van der Waals surface area contributed by atoms with Gasteiger partial charge in [-0.3, -0.25) is 14.4 Å². The van der Waals surface area contributed by atoms with Crippen LogP contribution >= 0.6 is 11.3 Å². The van der Waals surface area contributed by atoms with Crippen molar-refractivity contribution < 1.29 is 27.9 Å². The summed E-state index contributed by atoms with van der Waals surface area (Å²) in [5.74, 6) is -2.21. The summed E-state index contributed by atoms with van der Waals surface area (Å²) in [6.45, 7) is 1.79. The van der Waals surface area contributed by atoms with Crippen LogP contribution in [0.2, 0.25) is 0 Å². The number of benzene rings is 2. The first-order valence-electron chi connectivity index (χ1n) is 11.3. The zero-order valence-corrected chi connectivity index (χ0v) is 19.9. The number of Topliss-reactive ketones (excluding diaryl/α,β-unsaturated/α-hetero) is 1. The molecule has 35 heavy (non-hydrogen) atoms. The highest BCUT2D eigenvalue weighted by Gasteiger charge is 2.32. The summed E-state index contributed by atoms with van der Waals surface area (Å²) in [5, 5.41) is 0.680. The number of nitrogens with zero attached hydrogens (tertiary/aromatic N) is 2. The topological polar surface area (TPSA) is 76.6 Å². The van der Waals surface area contributed by atoms with Gasteiger partial charge in [-0.25, -0.2) is 13.8 Å². The van der Waals surface area contributed by atoms with Crippen molar-refractivity contribution in [1.82, 2.24) is 9.88 Å². The maximum Gasteiger partial charge on any atom is 0.308 e. The molecule has 1 atom stereocenters. The average Bonchev–Trinajstić information content (AvgIpc) is 3.24. The zero-order chi connectivity index (χ0) is 24.9. The predicted octanol–water partition coefficient (Wildman–Crippen LogP) is 5.21. The first-order chi connectivity index (χ1) is 16.8. The van der Waals surface area contributed by atoms with E-state index in [-0.39, 0.29) is 23.6 Å². The predicted molar refractivity (Wildman–Crippen MR) is 127 cm³/mol. The highest BCUT2D eigenvalue weighted by atomic mass is 32.1. The van der Waals surface area contributed by atoms with Gasteiger partial charge in [-0.2, -0.15) is 0 Å². The van der Waals surface area contributed by atoms with Crippen molar-refractivity contribution in [2.24, 2.45) is 0 Å². The summed E-state index contributed by atoms with van der Waals surface area (Å²) < 4.78 is 32.0. The van der Waals surface area contributed by atoms with Gasteiger partial charge in [0.2, 0.25) is 0 Å². The number of carbonyl (C=O) groups excluding carboxylic acids is 3. The molecule has 1 aliphatic heterocycles. The Balaban J connectivity index is 1.44. The number of ketones is 1. The molecule has 0 bridgehead atoms. The lowest BCUT2D eigenvalue weighted by Gasteiger charge is -2.35. The highest BCUT2D eigenvalue weighted by Crippen LogP contribution is 2.33. The van der Waals surface area contributed by atoms with Crippen molar-refractivity contribution in [2.45, 2.75) is 38.6 Å². The second-order valence-electron chi connectivity index (χ2n) is 8.36. The fourth-order valence-corrected chi connectivity index (χ4v) is 5.04. The summed E-state index contributed by atoms with van der Waals surface area (Å²) >= 11 is 1.32. The molecule has 3 aromatic rings. The second-order valence-corrected chi connectivity index (χ2v) is 9.57. The van der Waals surface area contributed by atoms with Crippen molar-refractivity contribution in [1.29, 1.82) is 0 Å². The van der Waals surface area contributed by atoms with E-state index in [0.29, 0.717) is 28.4 Å². The Labute approximate surface area is 205 Å². The lowest BCUT2D eigenvalue weighted by Crippen LogP contribution is -2.45. The number of aromatic nitrogens is 1. The van der Waals surface area contributed by atoms with Crippen LogP contribution in [0.15, 0.2) is 48.5 Å². The SMILES string of the molecule is Cc1nc(C(=O)N2CCCCC2CC(=O)OCC(=O)c2ccc(F)cc2)c(-c2cccc(F)c2)s1. The van der Waals surface area contributed by atoms with Crippen LogP contribution in [0.5, 0.6) is 0 Å². The van der Waals surface area contributed by atoms with Crippen LogP contribution in [0, 0.1) is 18.6 Å². The Bertz CT molecular complexity index is 1240. The molecular formula is C26H24F2N2O4S. The second kappa shape index (κ2) is 10.9. The molecule has 0 saturated carbocycles. The number of likely N-dealkylation sites (tertiary alicyclic amines) is 1. The van der Waals surface area contributed by atoms with Gasteiger partial charge in [0, 0.05) is 18.2 Å². The summed E-state index contributed by atoms with van der Waals surface area (Å²) in [4.78, 5) is 44.9. The molecule has 1 unspecified atom stereocenters. The molecule has 0 spiro atoms. The number of piperidine rings is 1. The molecule has 1 fully saturated rings. The van der Waals surface area contributed by atoms with Crippen LogP contribution in [0.25, 0.3) is 10.4 Å². The van der Waals surface area contributed by atoms with E-state index in [4.69, 9.17) is 4.74 Å². The fraction of sp³-hybridized carbons (Fsp3) is 0.308. The summed E-state index contributed by atoms with van der Waals surface area (Å²) in [6, 6.07) is 10.6. The fourth-order valence-electron chi connectivity index (χ4n) is 4.13. The number of carbonyl (C=O) groups is 3. The van der Waals surface area contributed by atoms with Crippen molar-refractivity contribution in [2.75, 3.05) is 13.2 Å². The monoisotopic (exact) mass is 498 g/mol. The number of ether oxygens (including phenoxy) is 1. The minimum atomic E-state index is -0.593. The number of hydrogen-bond donors (Lipinski definition) is 0. The standard InChI is InChI=1S/C26H24F2N2O4S/c1-16-29-24(25(35-16)18-5-4-6-20(28)13-18)26(33)30-12-3-2-7-21(30)14-23(32)34-15-22(31)17-8-10-19(27)11-9-17/h4-6,8-11,13,21H,2-3,7,12,14-15H2,1H3. The lowest BCUT2D eigenvalue weighted by molar-refractivity contribution is -0.143. The molecule has 1 amide bonds. The molecule has 1 saturated heterocycles. The minimum absolute atomic E-state index is 0.0547. The molecule has 9 heteroatoms. The number of thiazole rings is 1. The Hall–Kier alpha value is -3.46. The normalized spacial score (nSPS) is 15.6. The van der Waals surface area contributed by atoms with Gasteiger partial charge in [0.05, 0.1) is 16.3 Å². The van der Waals surface area contributed by atoms with Crippen LogP contribution in [-0.4, -0.2) is 46.7 Å². The summed E-state index contributed by atoms with van der Waals surface area (Å²) in [7, 11) is 0. The smallest absolute Gasteiger partial charge is 0.308 e. The van der Waals surface area contributed by atoms with Crippen LogP contribution in [0.4, 0.5) is 8.78 Å². The Kier molecular flexibility index (Phi) is 7.65. The Morgan fingerprint density at radius 1 is 1.09 bits per heavy atom. The average molecular weight is 499 g/mol. The largest absolute Gasteiger partial charge is 0.457 e. The van der Waals surface area contributed by atoms with Gasteiger partial charge in [-0.15, -0.1) is 11.3 Å². The van der Waals surface area contributed by atoms with E-state index in [1.165, 1.54) is 47.7 Å². The van der Waals surface area contributed by atoms with E-state index < -0.39 is 36.0 Å². The van der Waals surface area contributed by atoms with Crippen molar-refractivity contribution in [3.05, 3.63) is 76.4 Å². The molecule has 1 aliphatic rings. The minimum Gasteiger partial charge on any atom is -0.457 e. The molecule has 2 aromatic carbocycles. The van der Waals surface area contributed by atoms with Gasteiger partial charge in [-0.1, -0.05) is 12.1 Å². The summed E-state index contributed by atoms with van der Waals surface area (Å²) in [5.41, 5.74) is 1.06. The quantitative estimate of drug-likeness (QED) is 0.330. The van der Waals surface area contributed by atoms with Gasteiger partial charge in [-0.05, 0) is 68.1 Å². The molecule has 0 radical (unpaired) electrons. The third kappa shape index (κ3) is 5.97. The lowest BCUT2D eigenvalue weighted by atomic mass is 9.98. The van der Waals surface area contributed by atoms with Crippen molar-refractivity contribution in [3.8, 4) is 10.4 Å². The van der Waals surface area contributed by atoms with Crippen LogP contribution in [0.1, 0.15) is 51.5 Å². The third-order valence-corrected chi connectivity index (χ3v) is 6.86. The van der Waals surface area contributed by atoms with E-state index in [1.807, 2.05) is 0 Å². The molecule has 6 nitrogen and oxygen atoms in total. The van der Waals surface area contributed by atoms with Gasteiger partial charge in [0.15, 0.2) is 12.4 Å². The Morgan fingerprint density at radius 2 is 1.86 bits per heavy atom. The molecule has 182 valence electrons. The maximum absolute atomic E-state index is 13.8. The maximum atomic E-state index is 13.8. The van der Waals surface area contributed by atoms with E-state index in [0.717, 1.165) is 12.8 Å². The Morgan fingerprint density at radius 3 is 2.60 bits per heavy atom. The molecule has 2 heterocycles. The van der Waals surface area contributed by atoms with Gasteiger partial charge in [0.25, 0.3) is 5.91 Å². The zero-order valence-electron chi connectivity index (χ0n) is 19.1. The van der Waals surface area contributed by atoms with Crippen molar-refractivity contribution >= 4 is 29.0 Å². The first kappa shape index (κ1) is 24.7. The molecule has 0 N–H and O–H groups in total. The highest BCUT2D eigenvalue weighted by molar-refractivity contribution is 7.15. The van der Waals surface area contributed by atoms with Crippen LogP contribution in [-0.2, 0) is 9.53 Å². The first-order valence-corrected chi connectivity index (χ1v) is 12.1. The number of rotatable bonds is 7. The number of esters is 1. The number of amides is 1. The van der Waals surface area contributed by atoms with Crippen LogP contribution < -0.4 is 0 Å². The number of aryl methyl sites for hydroxylation is 1. The van der Waals surface area contributed by atoms with Gasteiger partial charge in [0.1, 0.15) is 17.3 Å². The third-order valence-electron chi connectivity index (χ3n) is 5.84. The van der Waals surface area contributed by atoms with Gasteiger partial charge >= 0.3 is 5.97 Å². The van der Waals surface area contributed by atoms with Crippen molar-refractivity contribution in [3.63, 3.8) is 0 Å². The number of halogens is 2. The van der Waals surface area contributed by atoms with E-state index in [1.54, 1.807) is 24.0 Å².